The van der Waals surface area contributed by atoms with Gasteiger partial charge in [0.25, 0.3) is 5.91 Å². The van der Waals surface area contributed by atoms with Gasteiger partial charge in [-0.1, -0.05) is 18.2 Å². The van der Waals surface area contributed by atoms with Gasteiger partial charge in [-0.15, -0.1) is 0 Å². The number of carbonyl (C=O) groups excluding carboxylic acids is 1. The van der Waals surface area contributed by atoms with Crippen LogP contribution < -0.4 is 5.32 Å². The van der Waals surface area contributed by atoms with Crippen molar-refractivity contribution in [2.75, 3.05) is 5.32 Å². The molecular formula is C22H20FN5O. The lowest BCUT2D eigenvalue weighted by Gasteiger charge is -2.19. The van der Waals surface area contributed by atoms with E-state index in [0.717, 1.165) is 0 Å². The van der Waals surface area contributed by atoms with Crippen LogP contribution in [0, 0.1) is 5.82 Å². The number of nitrogens with one attached hydrogen (secondary N) is 1. The van der Waals surface area contributed by atoms with Gasteiger partial charge in [0.1, 0.15) is 23.7 Å². The van der Waals surface area contributed by atoms with E-state index in [0.29, 0.717) is 33.7 Å². The number of halogens is 1. The van der Waals surface area contributed by atoms with Crippen LogP contribution in [0.1, 0.15) is 31.1 Å². The second-order valence-corrected chi connectivity index (χ2v) is 7.68. The fourth-order valence-corrected chi connectivity index (χ4v) is 3.09. The summed E-state index contributed by atoms with van der Waals surface area (Å²) in [7, 11) is 0. The molecule has 6 nitrogen and oxygen atoms in total. The maximum absolute atomic E-state index is 13.4. The van der Waals surface area contributed by atoms with Crippen molar-refractivity contribution in [3.63, 3.8) is 0 Å². The predicted octanol–water partition coefficient (Wildman–Crippen LogP) is 4.64. The van der Waals surface area contributed by atoms with Crippen LogP contribution >= 0.6 is 0 Å². The van der Waals surface area contributed by atoms with Crippen molar-refractivity contribution in [3.8, 4) is 11.3 Å². The summed E-state index contributed by atoms with van der Waals surface area (Å²) in [6.45, 7) is 6.04. The van der Waals surface area contributed by atoms with Crippen molar-refractivity contribution in [2.45, 2.75) is 26.3 Å². The van der Waals surface area contributed by atoms with Crippen LogP contribution in [0.15, 0.2) is 60.9 Å². The molecule has 1 amide bonds. The van der Waals surface area contributed by atoms with Crippen LogP contribution in [-0.2, 0) is 5.54 Å². The first-order chi connectivity index (χ1) is 13.8. The Labute approximate surface area is 167 Å². The third-order valence-corrected chi connectivity index (χ3v) is 4.49. The van der Waals surface area contributed by atoms with E-state index in [4.69, 9.17) is 5.10 Å². The summed E-state index contributed by atoms with van der Waals surface area (Å²) in [6.07, 6.45) is 1.40. The van der Waals surface area contributed by atoms with Gasteiger partial charge in [0.2, 0.25) is 0 Å². The molecular weight excluding hydrogens is 369 g/mol. The smallest absolute Gasteiger partial charge is 0.256 e. The van der Waals surface area contributed by atoms with Crippen molar-refractivity contribution < 1.29 is 9.18 Å². The van der Waals surface area contributed by atoms with Crippen LogP contribution in [-0.4, -0.2) is 25.7 Å². The molecule has 29 heavy (non-hydrogen) atoms. The first kappa shape index (κ1) is 18.7. The summed E-state index contributed by atoms with van der Waals surface area (Å²) in [6, 6.07) is 15.0. The standard InChI is InChI=1S/C22H20FN5O/c1-22(2,3)28-20-17(18(27-28)14-9-11-16(23)12-10-14)19(24-13-25-20)26-21(29)15-7-5-4-6-8-15/h4-13H,1-3H3,(H,24,25,26,29). The van der Waals surface area contributed by atoms with Crippen molar-refractivity contribution >= 4 is 22.8 Å². The minimum absolute atomic E-state index is 0.279. The van der Waals surface area contributed by atoms with E-state index in [9.17, 15) is 9.18 Å². The summed E-state index contributed by atoms with van der Waals surface area (Å²) >= 11 is 0. The zero-order valence-corrected chi connectivity index (χ0v) is 16.3. The van der Waals surface area contributed by atoms with E-state index in [2.05, 4.69) is 15.3 Å². The van der Waals surface area contributed by atoms with Gasteiger partial charge in [-0.3, -0.25) is 4.79 Å². The molecule has 2 heterocycles. The second kappa shape index (κ2) is 7.09. The first-order valence-corrected chi connectivity index (χ1v) is 9.21. The van der Waals surface area contributed by atoms with Crippen LogP contribution in [0.4, 0.5) is 10.2 Å². The van der Waals surface area contributed by atoms with E-state index in [1.807, 2.05) is 26.8 Å². The van der Waals surface area contributed by atoms with Crippen LogP contribution in [0.25, 0.3) is 22.3 Å². The molecule has 7 heteroatoms. The average molecular weight is 389 g/mol. The fraction of sp³-hybridized carbons (Fsp3) is 0.182. The minimum atomic E-state index is -0.356. The van der Waals surface area contributed by atoms with Crippen LogP contribution in [0.2, 0.25) is 0 Å². The monoisotopic (exact) mass is 389 g/mol. The number of carbonyl (C=O) groups is 1. The fourth-order valence-electron chi connectivity index (χ4n) is 3.09. The number of hydrogen-bond donors (Lipinski definition) is 1. The molecule has 0 aliphatic carbocycles. The predicted molar refractivity (Wildman–Crippen MR) is 110 cm³/mol. The minimum Gasteiger partial charge on any atom is -0.306 e. The molecule has 0 bridgehead atoms. The SMILES string of the molecule is CC(C)(C)n1nc(-c2ccc(F)cc2)c2c(NC(=O)c3ccccc3)ncnc21. The first-order valence-electron chi connectivity index (χ1n) is 9.21. The molecule has 0 saturated carbocycles. The van der Waals surface area contributed by atoms with Crippen molar-refractivity contribution in [1.82, 2.24) is 19.7 Å². The molecule has 0 atom stereocenters. The van der Waals surface area contributed by atoms with Crippen molar-refractivity contribution in [3.05, 3.63) is 72.3 Å². The number of aromatic nitrogens is 4. The highest BCUT2D eigenvalue weighted by atomic mass is 19.1. The second-order valence-electron chi connectivity index (χ2n) is 7.68. The van der Waals surface area contributed by atoms with Gasteiger partial charge in [0.05, 0.1) is 10.9 Å². The normalized spacial score (nSPS) is 11.6. The number of fused-ring (bicyclic) bond motifs is 1. The lowest BCUT2D eigenvalue weighted by molar-refractivity contribution is 0.102. The Kier molecular flexibility index (Phi) is 4.58. The molecule has 4 aromatic rings. The van der Waals surface area contributed by atoms with Crippen molar-refractivity contribution in [1.29, 1.82) is 0 Å². The van der Waals surface area contributed by atoms with Gasteiger partial charge in [-0.2, -0.15) is 5.10 Å². The molecule has 2 aromatic heterocycles. The number of amides is 1. The molecule has 146 valence electrons. The maximum Gasteiger partial charge on any atom is 0.256 e. The largest absolute Gasteiger partial charge is 0.306 e. The van der Waals surface area contributed by atoms with Gasteiger partial charge >= 0.3 is 0 Å². The molecule has 0 aliphatic rings. The summed E-state index contributed by atoms with van der Waals surface area (Å²) in [5.41, 5.74) is 2.05. The van der Waals surface area contributed by atoms with E-state index in [-0.39, 0.29) is 17.3 Å². The Hall–Kier alpha value is -3.61. The van der Waals surface area contributed by atoms with Gasteiger partial charge in [-0.25, -0.2) is 19.0 Å². The third kappa shape index (κ3) is 3.59. The Morgan fingerprint density at radius 1 is 1.00 bits per heavy atom. The van der Waals surface area contributed by atoms with E-state index in [1.165, 1.54) is 18.5 Å². The number of benzene rings is 2. The van der Waals surface area contributed by atoms with E-state index < -0.39 is 0 Å². The molecule has 4 rings (SSSR count). The summed E-state index contributed by atoms with van der Waals surface area (Å²) < 4.78 is 15.2. The number of hydrogen-bond acceptors (Lipinski definition) is 4. The quantitative estimate of drug-likeness (QED) is 0.554. The molecule has 1 N–H and O–H groups in total. The Morgan fingerprint density at radius 2 is 1.69 bits per heavy atom. The number of rotatable bonds is 3. The highest BCUT2D eigenvalue weighted by Gasteiger charge is 2.25. The zero-order chi connectivity index (χ0) is 20.6. The molecule has 0 saturated heterocycles. The Balaban J connectivity index is 1.90. The van der Waals surface area contributed by atoms with Crippen LogP contribution in [0.5, 0.6) is 0 Å². The zero-order valence-electron chi connectivity index (χ0n) is 16.3. The molecule has 0 unspecified atom stereocenters. The summed E-state index contributed by atoms with van der Waals surface area (Å²) in [5.74, 6) is -0.250. The number of anilines is 1. The van der Waals surface area contributed by atoms with Crippen LogP contribution in [0.3, 0.4) is 0 Å². The summed E-state index contributed by atoms with van der Waals surface area (Å²) in [4.78, 5) is 21.4. The average Bonchev–Trinajstić information content (AvgIpc) is 3.10. The molecule has 0 radical (unpaired) electrons. The third-order valence-electron chi connectivity index (χ3n) is 4.49. The van der Waals surface area contributed by atoms with Gasteiger partial charge in [0, 0.05) is 11.1 Å². The van der Waals surface area contributed by atoms with Gasteiger partial charge < -0.3 is 5.32 Å². The van der Waals surface area contributed by atoms with E-state index in [1.54, 1.807) is 41.1 Å². The summed E-state index contributed by atoms with van der Waals surface area (Å²) in [5, 5.41) is 8.22. The lowest BCUT2D eigenvalue weighted by atomic mass is 10.1. The molecule has 0 spiro atoms. The Bertz CT molecular complexity index is 1180. The number of nitrogens with zero attached hydrogens (tertiary/aromatic N) is 4. The van der Waals surface area contributed by atoms with Gasteiger partial charge in [0.15, 0.2) is 5.65 Å². The lowest BCUT2D eigenvalue weighted by Crippen LogP contribution is -2.23. The van der Waals surface area contributed by atoms with E-state index >= 15 is 0 Å². The van der Waals surface area contributed by atoms with Crippen molar-refractivity contribution in [2.24, 2.45) is 0 Å². The molecule has 2 aromatic carbocycles. The Morgan fingerprint density at radius 3 is 2.34 bits per heavy atom. The topological polar surface area (TPSA) is 72.7 Å². The highest BCUT2D eigenvalue weighted by Crippen LogP contribution is 2.34. The molecule has 0 fully saturated rings. The maximum atomic E-state index is 13.4. The van der Waals surface area contributed by atoms with Gasteiger partial charge in [-0.05, 0) is 57.2 Å². The highest BCUT2D eigenvalue weighted by molar-refractivity contribution is 6.09. The molecule has 0 aliphatic heterocycles.